The van der Waals surface area contributed by atoms with Crippen molar-refractivity contribution in [3.05, 3.63) is 23.8 Å². The molecule has 1 aliphatic carbocycles. The normalized spacial score (nSPS) is 17.7. The van der Waals surface area contributed by atoms with Gasteiger partial charge in [-0.25, -0.2) is 4.99 Å². The molecule has 5 nitrogen and oxygen atoms in total. The summed E-state index contributed by atoms with van der Waals surface area (Å²) in [5.41, 5.74) is 1.64. The van der Waals surface area contributed by atoms with Crippen molar-refractivity contribution < 1.29 is 9.47 Å². The standard InChI is InChI=1S/C21H29N3O2.HI/c1-4-13-26-19-14-17(7-8-18(19)25-3)15-23-20(22-5-2)24-12-11-21(16-24)9-6-10-21;/h1,7-8,14H,5-6,9-13,15-16H2,2-3H3,(H,22,23);1H. The molecular weight excluding hydrogens is 453 g/mol. The van der Waals surface area contributed by atoms with Gasteiger partial charge in [0, 0.05) is 19.6 Å². The number of benzene rings is 1. The lowest BCUT2D eigenvalue weighted by molar-refractivity contribution is 0.151. The summed E-state index contributed by atoms with van der Waals surface area (Å²) in [5.74, 6) is 4.85. The quantitative estimate of drug-likeness (QED) is 0.291. The third-order valence-corrected chi connectivity index (χ3v) is 5.44. The third kappa shape index (κ3) is 5.22. The summed E-state index contributed by atoms with van der Waals surface area (Å²) in [7, 11) is 1.63. The molecule has 0 unspecified atom stereocenters. The molecule has 3 rings (SSSR count). The zero-order valence-corrected chi connectivity index (χ0v) is 18.6. The average molecular weight is 483 g/mol. The molecule has 2 aliphatic rings. The van der Waals surface area contributed by atoms with Gasteiger partial charge < -0.3 is 19.7 Å². The van der Waals surface area contributed by atoms with Crippen LogP contribution >= 0.6 is 24.0 Å². The smallest absolute Gasteiger partial charge is 0.194 e. The molecule has 1 aromatic rings. The fraction of sp³-hybridized carbons (Fsp3) is 0.571. The lowest BCUT2D eigenvalue weighted by Gasteiger charge is -2.38. The maximum absolute atomic E-state index is 5.59. The molecule has 0 radical (unpaired) electrons. The van der Waals surface area contributed by atoms with Gasteiger partial charge in [-0.3, -0.25) is 0 Å². The van der Waals surface area contributed by atoms with E-state index >= 15 is 0 Å². The molecule has 2 fully saturated rings. The second-order valence-corrected chi connectivity index (χ2v) is 7.17. The Morgan fingerprint density at radius 2 is 2.15 bits per heavy atom. The van der Waals surface area contributed by atoms with Gasteiger partial charge in [-0.2, -0.15) is 0 Å². The summed E-state index contributed by atoms with van der Waals surface area (Å²) in [6.07, 6.45) is 10.7. The number of hydrogen-bond acceptors (Lipinski definition) is 3. The maximum Gasteiger partial charge on any atom is 0.194 e. The highest BCUT2D eigenvalue weighted by atomic mass is 127. The molecule has 1 heterocycles. The Hall–Kier alpha value is -1.62. The van der Waals surface area contributed by atoms with Crippen LogP contribution in [0.25, 0.3) is 0 Å². The minimum Gasteiger partial charge on any atom is -0.493 e. The van der Waals surface area contributed by atoms with Crippen molar-refractivity contribution in [1.29, 1.82) is 0 Å². The van der Waals surface area contributed by atoms with Gasteiger partial charge in [0.2, 0.25) is 0 Å². The number of rotatable bonds is 6. The summed E-state index contributed by atoms with van der Waals surface area (Å²) in [5, 5.41) is 3.45. The summed E-state index contributed by atoms with van der Waals surface area (Å²) in [6, 6.07) is 5.88. The summed E-state index contributed by atoms with van der Waals surface area (Å²) in [4.78, 5) is 7.28. The highest BCUT2D eigenvalue weighted by Gasteiger charge is 2.43. The summed E-state index contributed by atoms with van der Waals surface area (Å²) in [6.45, 7) is 6.05. The molecule has 1 spiro atoms. The van der Waals surface area contributed by atoms with Crippen LogP contribution in [-0.2, 0) is 6.54 Å². The Labute approximate surface area is 179 Å². The molecular formula is C21H30IN3O2. The second kappa shape index (κ2) is 10.1. The van der Waals surface area contributed by atoms with Crippen LogP contribution in [0.3, 0.4) is 0 Å². The highest BCUT2D eigenvalue weighted by Crippen LogP contribution is 2.47. The summed E-state index contributed by atoms with van der Waals surface area (Å²) >= 11 is 0. The van der Waals surface area contributed by atoms with E-state index in [2.05, 4.69) is 23.1 Å². The van der Waals surface area contributed by atoms with Gasteiger partial charge in [0.05, 0.1) is 13.7 Å². The molecule has 1 aromatic carbocycles. The third-order valence-electron chi connectivity index (χ3n) is 5.44. The Balaban J connectivity index is 0.00000261. The van der Waals surface area contributed by atoms with Crippen molar-refractivity contribution in [2.75, 3.05) is 33.4 Å². The van der Waals surface area contributed by atoms with Crippen molar-refractivity contribution in [3.8, 4) is 23.8 Å². The van der Waals surface area contributed by atoms with E-state index in [-0.39, 0.29) is 30.6 Å². The van der Waals surface area contributed by atoms with Crippen molar-refractivity contribution >= 4 is 29.9 Å². The van der Waals surface area contributed by atoms with Gasteiger partial charge in [-0.15, -0.1) is 30.4 Å². The van der Waals surface area contributed by atoms with E-state index in [4.69, 9.17) is 20.9 Å². The molecule has 0 aromatic heterocycles. The van der Waals surface area contributed by atoms with Crippen LogP contribution in [0.1, 0.15) is 38.2 Å². The number of hydrogen-bond donors (Lipinski definition) is 1. The number of halogens is 1. The van der Waals surface area contributed by atoms with Crippen LogP contribution in [0.4, 0.5) is 0 Å². The van der Waals surface area contributed by atoms with Crippen molar-refractivity contribution in [3.63, 3.8) is 0 Å². The lowest BCUT2D eigenvalue weighted by atomic mass is 9.68. The fourth-order valence-electron chi connectivity index (χ4n) is 3.84. The second-order valence-electron chi connectivity index (χ2n) is 7.17. The average Bonchev–Trinajstić information content (AvgIpc) is 3.09. The van der Waals surface area contributed by atoms with E-state index in [9.17, 15) is 0 Å². The molecule has 6 heteroatoms. The lowest BCUT2D eigenvalue weighted by Crippen LogP contribution is -2.42. The molecule has 27 heavy (non-hydrogen) atoms. The van der Waals surface area contributed by atoms with E-state index in [1.54, 1.807) is 7.11 Å². The van der Waals surface area contributed by atoms with Crippen LogP contribution in [0.2, 0.25) is 0 Å². The van der Waals surface area contributed by atoms with Gasteiger partial charge in [0.1, 0.15) is 6.61 Å². The zero-order chi connectivity index (χ0) is 18.4. The minimum absolute atomic E-state index is 0. The first kappa shape index (κ1) is 21.7. The molecule has 1 N–H and O–H groups in total. The molecule has 0 atom stereocenters. The van der Waals surface area contributed by atoms with Crippen LogP contribution in [0.15, 0.2) is 23.2 Å². The maximum atomic E-state index is 5.59. The van der Waals surface area contributed by atoms with E-state index in [0.717, 1.165) is 31.2 Å². The van der Waals surface area contributed by atoms with E-state index in [0.29, 0.717) is 23.5 Å². The van der Waals surface area contributed by atoms with Gasteiger partial charge in [0.25, 0.3) is 0 Å². The van der Waals surface area contributed by atoms with Gasteiger partial charge in [-0.1, -0.05) is 18.4 Å². The number of likely N-dealkylation sites (tertiary alicyclic amines) is 1. The largest absolute Gasteiger partial charge is 0.493 e. The van der Waals surface area contributed by atoms with Crippen molar-refractivity contribution in [1.82, 2.24) is 10.2 Å². The highest BCUT2D eigenvalue weighted by molar-refractivity contribution is 14.0. The van der Waals surface area contributed by atoms with E-state index < -0.39 is 0 Å². The van der Waals surface area contributed by atoms with Crippen LogP contribution in [0.5, 0.6) is 11.5 Å². The Morgan fingerprint density at radius 3 is 2.74 bits per heavy atom. The van der Waals surface area contributed by atoms with Gasteiger partial charge >= 0.3 is 0 Å². The van der Waals surface area contributed by atoms with Crippen LogP contribution in [-0.4, -0.2) is 44.2 Å². The molecule has 1 saturated heterocycles. The van der Waals surface area contributed by atoms with Crippen LogP contribution in [0, 0.1) is 17.8 Å². The molecule has 1 saturated carbocycles. The number of terminal acetylenes is 1. The van der Waals surface area contributed by atoms with E-state index in [1.807, 2.05) is 18.2 Å². The number of guanidine groups is 1. The van der Waals surface area contributed by atoms with Gasteiger partial charge in [-0.05, 0) is 49.3 Å². The molecule has 0 bridgehead atoms. The fourth-order valence-corrected chi connectivity index (χ4v) is 3.84. The molecule has 148 valence electrons. The Kier molecular flexibility index (Phi) is 8.08. The topological polar surface area (TPSA) is 46.1 Å². The molecule has 0 amide bonds. The van der Waals surface area contributed by atoms with Crippen molar-refractivity contribution in [2.24, 2.45) is 10.4 Å². The number of aliphatic imine (C=N–C) groups is 1. The Morgan fingerprint density at radius 1 is 1.33 bits per heavy atom. The van der Waals surface area contributed by atoms with Gasteiger partial charge in [0.15, 0.2) is 17.5 Å². The predicted molar refractivity (Wildman–Crippen MR) is 120 cm³/mol. The zero-order valence-electron chi connectivity index (χ0n) is 16.3. The Bertz CT molecular complexity index is 695. The number of ether oxygens (including phenoxy) is 2. The van der Waals surface area contributed by atoms with Crippen LogP contribution < -0.4 is 14.8 Å². The monoisotopic (exact) mass is 483 g/mol. The first-order valence-electron chi connectivity index (χ1n) is 9.46. The SMILES string of the molecule is C#CCOc1cc(CN=C(NCC)N2CCC3(CCC3)C2)ccc1OC.I. The number of nitrogens with one attached hydrogen (secondary N) is 1. The van der Waals surface area contributed by atoms with E-state index in [1.165, 1.54) is 25.7 Å². The first-order valence-corrected chi connectivity index (χ1v) is 9.46. The summed E-state index contributed by atoms with van der Waals surface area (Å²) < 4.78 is 10.9. The predicted octanol–water partition coefficient (Wildman–Crippen LogP) is 3.67. The minimum atomic E-state index is 0. The number of methoxy groups -OCH3 is 1. The van der Waals surface area contributed by atoms with Crippen molar-refractivity contribution in [2.45, 2.75) is 39.2 Å². The first-order chi connectivity index (χ1) is 12.7. The molecule has 1 aliphatic heterocycles. The number of nitrogens with zero attached hydrogens (tertiary/aromatic N) is 2.